The van der Waals surface area contributed by atoms with Crippen molar-refractivity contribution in [1.29, 1.82) is 0 Å². The van der Waals surface area contributed by atoms with E-state index in [2.05, 4.69) is 69.2 Å². The molecule has 1 heterocycles. The highest BCUT2D eigenvalue weighted by atomic mass is 16.5. The summed E-state index contributed by atoms with van der Waals surface area (Å²) in [5.41, 5.74) is 1.28. The zero-order chi connectivity index (χ0) is 18.7. The summed E-state index contributed by atoms with van der Waals surface area (Å²) >= 11 is 0. The molecule has 2 atom stereocenters. The fourth-order valence-corrected chi connectivity index (χ4v) is 4.00. The summed E-state index contributed by atoms with van der Waals surface area (Å²) in [4.78, 5) is 0. The van der Waals surface area contributed by atoms with E-state index >= 15 is 0 Å². The van der Waals surface area contributed by atoms with Crippen LogP contribution in [0.5, 0.6) is 5.75 Å². The van der Waals surface area contributed by atoms with Crippen molar-refractivity contribution in [2.75, 3.05) is 6.61 Å². The molecule has 1 aromatic heterocycles. The zero-order valence-electron chi connectivity index (χ0n) is 16.8. The Kier molecular flexibility index (Phi) is 5.90. The van der Waals surface area contributed by atoms with Gasteiger partial charge in [0.1, 0.15) is 5.75 Å². The van der Waals surface area contributed by atoms with Crippen LogP contribution in [0.3, 0.4) is 0 Å². The van der Waals surface area contributed by atoms with Crippen molar-refractivity contribution in [2.45, 2.75) is 65.8 Å². The van der Waals surface area contributed by atoms with Gasteiger partial charge < -0.3 is 9.30 Å². The quantitative estimate of drug-likeness (QED) is 0.430. The summed E-state index contributed by atoms with van der Waals surface area (Å²) in [6.07, 6.45) is 6.08. The fraction of sp³-hybridized carbons (Fsp3) is 0.500. The molecule has 3 aromatic rings. The van der Waals surface area contributed by atoms with Crippen molar-refractivity contribution >= 4 is 28.3 Å². The van der Waals surface area contributed by atoms with E-state index in [9.17, 15) is 0 Å². The molecule has 2 heteroatoms. The van der Waals surface area contributed by atoms with Crippen molar-refractivity contribution in [1.82, 2.24) is 4.57 Å². The molecule has 0 aliphatic heterocycles. The number of hydrogen-bond donors (Lipinski definition) is 0. The van der Waals surface area contributed by atoms with Crippen molar-refractivity contribution in [3.63, 3.8) is 0 Å². The van der Waals surface area contributed by atoms with Crippen LogP contribution in [0.25, 0.3) is 28.3 Å². The normalized spacial score (nSPS) is 14.2. The van der Waals surface area contributed by atoms with Gasteiger partial charge in [0.2, 0.25) is 0 Å². The van der Waals surface area contributed by atoms with Gasteiger partial charge in [-0.25, -0.2) is 0 Å². The van der Waals surface area contributed by atoms with Gasteiger partial charge >= 0.3 is 0 Å². The predicted molar refractivity (Wildman–Crippen MR) is 114 cm³/mol. The highest BCUT2D eigenvalue weighted by molar-refractivity contribution is 6.12. The molecular weight excluding hydrogens is 318 g/mol. The monoisotopic (exact) mass is 351 g/mol. The minimum atomic E-state index is 0.448. The topological polar surface area (TPSA) is 14.2 Å². The molecule has 2 unspecified atom stereocenters. The second-order valence-electron chi connectivity index (χ2n) is 7.61. The van der Waals surface area contributed by atoms with Crippen LogP contribution in [0.15, 0.2) is 30.3 Å². The van der Waals surface area contributed by atoms with Crippen molar-refractivity contribution in [2.24, 2.45) is 5.92 Å². The van der Waals surface area contributed by atoms with E-state index in [1.807, 2.05) is 0 Å². The van der Waals surface area contributed by atoms with Crippen LogP contribution >= 0.6 is 0 Å². The fourth-order valence-electron chi connectivity index (χ4n) is 4.00. The molecule has 0 aliphatic carbocycles. The van der Waals surface area contributed by atoms with E-state index in [4.69, 9.17) is 4.74 Å². The Labute approximate surface area is 157 Å². The molecule has 0 aliphatic rings. The Hall–Kier alpha value is -1.96. The van der Waals surface area contributed by atoms with E-state index in [1.165, 1.54) is 47.4 Å². The Morgan fingerprint density at radius 3 is 2.50 bits per heavy atom. The van der Waals surface area contributed by atoms with Crippen molar-refractivity contribution in [3.8, 4) is 5.75 Å². The van der Waals surface area contributed by atoms with Crippen LogP contribution < -0.4 is 10.1 Å². The third-order valence-electron chi connectivity index (χ3n) is 5.89. The van der Waals surface area contributed by atoms with E-state index < -0.39 is 0 Å². The van der Waals surface area contributed by atoms with Crippen LogP contribution in [0.4, 0.5) is 0 Å². The van der Waals surface area contributed by atoms with Crippen LogP contribution in [0.2, 0.25) is 0 Å². The molecule has 0 radical (unpaired) electrons. The molecular formula is C24H33NO. The minimum absolute atomic E-state index is 0.448. The van der Waals surface area contributed by atoms with Gasteiger partial charge in [0, 0.05) is 27.5 Å². The lowest BCUT2D eigenvalue weighted by Gasteiger charge is -2.17. The van der Waals surface area contributed by atoms with E-state index in [0.717, 1.165) is 24.1 Å². The Balaban J connectivity index is 2.00. The van der Waals surface area contributed by atoms with E-state index in [1.54, 1.807) is 0 Å². The summed E-state index contributed by atoms with van der Waals surface area (Å²) in [6, 6.07) is 11.3. The summed E-state index contributed by atoms with van der Waals surface area (Å²) in [7, 11) is 0. The summed E-state index contributed by atoms with van der Waals surface area (Å²) in [5, 5.41) is 4.89. The molecule has 0 amide bonds. The van der Waals surface area contributed by atoms with Gasteiger partial charge in [-0.1, -0.05) is 64.8 Å². The Morgan fingerprint density at radius 1 is 1.04 bits per heavy atom. The Bertz CT molecular complexity index is 907. The van der Waals surface area contributed by atoms with Gasteiger partial charge in [-0.05, 0) is 37.8 Å². The summed E-state index contributed by atoms with van der Waals surface area (Å²) < 4.78 is 8.70. The molecule has 140 valence electrons. The maximum Gasteiger partial charge on any atom is 0.127 e. The van der Waals surface area contributed by atoms with Crippen molar-refractivity contribution in [3.05, 3.63) is 35.7 Å². The van der Waals surface area contributed by atoms with Gasteiger partial charge in [0.15, 0.2) is 0 Å². The standard InChI is InChI=1S/C24H33NO/c1-6-9-11-19(8-3)16-26-23-15-14-22-24-20(12-10-13-21(23)24)18(5)25(22)17(4)7-2/h10,12-15,17,19H,5-9,11,16H2,1-4H3. The van der Waals surface area contributed by atoms with Crippen LogP contribution in [-0.4, -0.2) is 11.2 Å². The number of hydrogen-bond acceptors (Lipinski definition) is 1. The van der Waals surface area contributed by atoms with Crippen LogP contribution in [-0.2, 0) is 0 Å². The molecule has 26 heavy (non-hydrogen) atoms. The number of unbranched alkanes of at least 4 members (excludes halogenated alkanes) is 1. The number of aromatic nitrogens is 1. The number of rotatable bonds is 9. The maximum atomic E-state index is 6.32. The average molecular weight is 352 g/mol. The first kappa shape index (κ1) is 18.8. The van der Waals surface area contributed by atoms with Gasteiger partial charge in [-0.15, -0.1) is 0 Å². The maximum absolute atomic E-state index is 6.32. The largest absolute Gasteiger partial charge is 0.493 e. The third-order valence-corrected chi connectivity index (χ3v) is 5.89. The van der Waals surface area contributed by atoms with E-state index in [-0.39, 0.29) is 0 Å². The molecule has 0 saturated heterocycles. The smallest absolute Gasteiger partial charge is 0.127 e. The number of benzene rings is 2. The van der Waals surface area contributed by atoms with Gasteiger partial charge in [-0.3, -0.25) is 0 Å². The summed E-state index contributed by atoms with van der Waals surface area (Å²) in [5.74, 6) is 1.66. The second kappa shape index (κ2) is 8.16. The highest BCUT2D eigenvalue weighted by Gasteiger charge is 2.17. The lowest BCUT2D eigenvalue weighted by molar-refractivity contribution is 0.235. The highest BCUT2D eigenvalue weighted by Crippen LogP contribution is 2.34. The first-order chi connectivity index (χ1) is 12.6. The van der Waals surface area contributed by atoms with Gasteiger partial charge in [-0.2, -0.15) is 0 Å². The number of nitrogens with zero attached hydrogens (tertiary/aromatic N) is 1. The lowest BCUT2D eigenvalue weighted by Crippen LogP contribution is -2.18. The van der Waals surface area contributed by atoms with Crippen LogP contribution in [0.1, 0.15) is 65.8 Å². The Morgan fingerprint density at radius 2 is 1.81 bits per heavy atom. The lowest BCUT2D eigenvalue weighted by atomic mass is 10.0. The third kappa shape index (κ3) is 3.34. The van der Waals surface area contributed by atoms with Gasteiger partial charge in [0.25, 0.3) is 0 Å². The van der Waals surface area contributed by atoms with Crippen molar-refractivity contribution < 1.29 is 4.74 Å². The molecule has 0 fully saturated rings. The average Bonchev–Trinajstić information content (AvgIpc) is 2.96. The molecule has 0 bridgehead atoms. The SMILES string of the molecule is C=c1c2cccc3c(OCC(CC)CCCC)ccc(c32)n1C(C)CC. The zero-order valence-corrected chi connectivity index (χ0v) is 16.8. The molecule has 2 nitrogen and oxygen atoms in total. The number of ether oxygens (including phenoxy) is 1. The molecule has 2 aromatic carbocycles. The molecule has 0 spiro atoms. The molecule has 3 rings (SSSR count). The first-order valence-corrected chi connectivity index (χ1v) is 10.3. The minimum Gasteiger partial charge on any atom is -0.493 e. The summed E-state index contributed by atoms with van der Waals surface area (Å²) in [6.45, 7) is 14.2. The van der Waals surface area contributed by atoms with Gasteiger partial charge in [0.05, 0.1) is 12.1 Å². The predicted octanol–water partition coefficient (Wildman–Crippen LogP) is 6.49. The first-order valence-electron chi connectivity index (χ1n) is 10.3. The van der Waals surface area contributed by atoms with Crippen LogP contribution in [0, 0.1) is 5.92 Å². The molecule has 0 N–H and O–H groups in total. The van der Waals surface area contributed by atoms with E-state index in [0.29, 0.717) is 12.0 Å². The molecule has 0 saturated carbocycles. The second-order valence-corrected chi connectivity index (χ2v) is 7.61.